The van der Waals surface area contributed by atoms with Gasteiger partial charge in [0.25, 0.3) is 0 Å². The molecule has 0 aliphatic rings. The molecule has 1 unspecified atom stereocenters. The topological polar surface area (TPSA) is 79.0 Å². The maximum absolute atomic E-state index is 12.0. The highest BCUT2D eigenvalue weighted by molar-refractivity contribution is 6.30. The van der Waals surface area contributed by atoms with Crippen LogP contribution in [0.1, 0.15) is 18.8 Å². The van der Waals surface area contributed by atoms with Gasteiger partial charge < -0.3 is 20.4 Å². The van der Waals surface area contributed by atoms with E-state index in [4.69, 9.17) is 16.3 Å². The molecule has 25 heavy (non-hydrogen) atoms. The number of aromatic nitrogens is 2. The van der Waals surface area contributed by atoms with Crippen LogP contribution in [0, 0.1) is 0 Å². The number of fused-ring (bicyclic) bond motifs is 1. The lowest BCUT2D eigenvalue weighted by Gasteiger charge is -2.13. The fourth-order valence-corrected chi connectivity index (χ4v) is 2.48. The molecule has 130 valence electrons. The van der Waals surface area contributed by atoms with Gasteiger partial charge in [-0.05, 0) is 43.3 Å². The highest BCUT2D eigenvalue weighted by Crippen LogP contribution is 2.16. The lowest BCUT2D eigenvalue weighted by Crippen LogP contribution is -2.39. The molecule has 3 N–H and O–H groups in total. The van der Waals surface area contributed by atoms with Crippen molar-refractivity contribution in [2.45, 2.75) is 13.0 Å². The van der Waals surface area contributed by atoms with Gasteiger partial charge in [-0.1, -0.05) is 23.7 Å². The predicted molar refractivity (Wildman–Crippen MR) is 98.0 cm³/mol. The van der Waals surface area contributed by atoms with Crippen LogP contribution in [0.3, 0.4) is 0 Å². The van der Waals surface area contributed by atoms with Gasteiger partial charge in [0.2, 0.25) is 0 Å². The minimum atomic E-state index is -0.271. The van der Waals surface area contributed by atoms with Gasteiger partial charge in [0.1, 0.15) is 18.2 Å². The van der Waals surface area contributed by atoms with Crippen LogP contribution in [0.2, 0.25) is 5.02 Å². The number of carbonyl (C=O) groups is 1. The number of hydrogen-bond donors (Lipinski definition) is 3. The van der Waals surface area contributed by atoms with Crippen LogP contribution in [0.25, 0.3) is 11.0 Å². The molecule has 0 saturated heterocycles. The molecule has 1 heterocycles. The highest BCUT2D eigenvalue weighted by Gasteiger charge is 2.13. The number of urea groups is 1. The number of benzene rings is 2. The Bertz CT molecular complexity index is 815. The first-order chi connectivity index (χ1) is 12.1. The molecule has 7 heteroatoms. The van der Waals surface area contributed by atoms with Gasteiger partial charge in [-0.15, -0.1) is 0 Å². The van der Waals surface area contributed by atoms with E-state index in [-0.39, 0.29) is 12.1 Å². The first kappa shape index (κ1) is 17.1. The Morgan fingerprint density at radius 3 is 2.76 bits per heavy atom. The Morgan fingerprint density at radius 2 is 2.00 bits per heavy atom. The molecular weight excluding hydrogens is 340 g/mol. The van der Waals surface area contributed by atoms with Crippen LogP contribution in [0.5, 0.6) is 5.75 Å². The average Bonchev–Trinajstić information content (AvgIpc) is 3.04. The number of nitrogens with one attached hydrogen (secondary N) is 3. The number of carbonyl (C=O) groups excluding carboxylic acids is 1. The first-order valence-electron chi connectivity index (χ1n) is 7.99. The van der Waals surface area contributed by atoms with E-state index in [1.54, 1.807) is 24.3 Å². The SMILES string of the molecule is CC(NC(=O)NCCOc1ccc(Cl)cc1)c1nc2ccccc2[nH]1. The Morgan fingerprint density at radius 1 is 1.24 bits per heavy atom. The fourth-order valence-electron chi connectivity index (χ4n) is 2.36. The molecule has 1 atom stereocenters. The standard InChI is InChI=1S/C18H19ClN4O2/c1-12(17-22-15-4-2-3-5-16(15)23-17)21-18(24)20-10-11-25-14-8-6-13(19)7-9-14/h2-9,12H,10-11H2,1H3,(H,22,23)(H2,20,21,24). The number of aromatic amines is 1. The molecule has 0 saturated carbocycles. The number of H-pyrrole nitrogens is 1. The maximum atomic E-state index is 12.0. The summed E-state index contributed by atoms with van der Waals surface area (Å²) in [7, 11) is 0. The summed E-state index contributed by atoms with van der Waals surface area (Å²) >= 11 is 5.81. The van der Waals surface area contributed by atoms with Gasteiger partial charge in [0, 0.05) is 5.02 Å². The van der Waals surface area contributed by atoms with Gasteiger partial charge in [0.15, 0.2) is 0 Å². The van der Waals surface area contributed by atoms with Gasteiger partial charge in [-0.25, -0.2) is 9.78 Å². The zero-order valence-electron chi connectivity index (χ0n) is 13.8. The quantitative estimate of drug-likeness (QED) is 0.588. The lowest BCUT2D eigenvalue weighted by atomic mass is 10.3. The van der Waals surface area contributed by atoms with E-state index >= 15 is 0 Å². The van der Waals surface area contributed by atoms with Gasteiger partial charge in [-0.3, -0.25) is 0 Å². The van der Waals surface area contributed by atoms with Crippen molar-refractivity contribution in [3.8, 4) is 5.75 Å². The minimum Gasteiger partial charge on any atom is -0.492 e. The Labute approximate surface area is 150 Å². The number of ether oxygens (including phenoxy) is 1. The zero-order chi connectivity index (χ0) is 17.6. The molecule has 0 bridgehead atoms. The van der Waals surface area contributed by atoms with Crippen molar-refractivity contribution in [3.05, 3.63) is 59.4 Å². The molecule has 1 aromatic heterocycles. The molecule has 2 amide bonds. The molecule has 2 aromatic carbocycles. The first-order valence-corrected chi connectivity index (χ1v) is 8.37. The molecule has 0 fully saturated rings. The summed E-state index contributed by atoms with van der Waals surface area (Å²) in [6, 6.07) is 14.3. The van der Waals surface area contributed by atoms with Crippen molar-refractivity contribution < 1.29 is 9.53 Å². The number of halogens is 1. The Kier molecular flexibility index (Phi) is 5.40. The summed E-state index contributed by atoms with van der Waals surface area (Å²) in [4.78, 5) is 19.6. The smallest absolute Gasteiger partial charge is 0.315 e. The summed E-state index contributed by atoms with van der Waals surface area (Å²) in [6.45, 7) is 2.64. The molecule has 3 rings (SSSR count). The van der Waals surface area contributed by atoms with Crippen molar-refractivity contribution in [1.29, 1.82) is 0 Å². The largest absolute Gasteiger partial charge is 0.492 e. The Balaban J connectivity index is 1.43. The van der Waals surface area contributed by atoms with Crippen LogP contribution in [-0.4, -0.2) is 29.2 Å². The Hall–Kier alpha value is -2.73. The van der Waals surface area contributed by atoms with Crippen LogP contribution >= 0.6 is 11.6 Å². The normalized spacial score (nSPS) is 11.9. The van der Waals surface area contributed by atoms with E-state index in [1.165, 1.54) is 0 Å². The fraction of sp³-hybridized carbons (Fsp3) is 0.222. The highest BCUT2D eigenvalue weighted by atomic mass is 35.5. The maximum Gasteiger partial charge on any atom is 0.315 e. The predicted octanol–water partition coefficient (Wildman–Crippen LogP) is 3.66. The molecule has 0 aliphatic carbocycles. The molecule has 6 nitrogen and oxygen atoms in total. The van der Waals surface area contributed by atoms with Crippen LogP contribution in [0.4, 0.5) is 4.79 Å². The van der Waals surface area contributed by atoms with E-state index in [0.717, 1.165) is 11.0 Å². The van der Waals surface area contributed by atoms with Gasteiger partial charge in [0.05, 0.1) is 23.6 Å². The zero-order valence-corrected chi connectivity index (χ0v) is 14.5. The second kappa shape index (κ2) is 7.90. The van der Waals surface area contributed by atoms with Crippen LogP contribution in [-0.2, 0) is 0 Å². The van der Waals surface area contributed by atoms with Crippen molar-refractivity contribution >= 4 is 28.7 Å². The summed E-state index contributed by atoms with van der Waals surface area (Å²) < 4.78 is 5.52. The van der Waals surface area contributed by atoms with Crippen LogP contribution < -0.4 is 15.4 Å². The minimum absolute atomic E-state index is 0.232. The van der Waals surface area contributed by atoms with E-state index < -0.39 is 0 Å². The number of nitrogens with zero attached hydrogens (tertiary/aromatic N) is 1. The molecule has 0 spiro atoms. The van der Waals surface area contributed by atoms with Crippen molar-refractivity contribution in [2.24, 2.45) is 0 Å². The number of imidazole rings is 1. The third kappa shape index (κ3) is 4.64. The van der Waals surface area contributed by atoms with Crippen molar-refractivity contribution in [1.82, 2.24) is 20.6 Å². The van der Waals surface area contributed by atoms with Crippen LogP contribution in [0.15, 0.2) is 48.5 Å². The van der Waals surface area contributed by atoms with Gasteiger partial charge in [-0.2, -0.15) is 0 Å². The molecule has 3 aromatic rings. The van der Waals surface area contributed by atoms with E-state index in [2.05, 4.69) is 20.6 Å². The number of para-hydroxylation sites is 2. The summed E-state index contributed by atoms with van der Waals surface area (Å²) in [5.74, 6) is 1.43. The third-order valence-electron chi connectivity index (χ3n) is 3.64. The molecule has 0 radical (unpaired) electrons. The van der Waals surface area contributed by atoms with E-state index in [0.29, 0.717) is 29.7 Å². The second-order valence-electron chi connectivity index (χ2n) is 5.56. The third-order valence-corrected chi connectivity index (χ3v) is 3.89. The summed E-state index contributed by atoms with van der Waals surface area (Å²) in [5.41, 5.74) is 1.82. The summed E-state index contributed by atoms with van der Waals surface area (Å²) in [6.07, 6.45) is 0. The van der Waals surface area contributed by atoms with E-state index in [9.17, 15) is 4.79 Å². The molecular formula is C18H19ClN4O2. The monoisotopic (exact) mass is 358 g/mol. The van der Waals surface area contributed by atoms with E-state index in [1.807, 2.05) is 31.2 Å². The average molecular weight is 359 g/mol. The molecule has 0 aliphatic heterocycles. The number of rotatable bonds is 6. The number of hydrogen-bond acceptors (Lipinski definition) is 3. The van der Waals surface area contributed by atoms with Gasteiger partial charge >= 0.3 is 6.03 Å². The van der Waals surface area contributed by atoms with Crippen molar-refractivity contribution in [3.63, 3.8) is 0 Å². The lowest BCUT2D eigenvalue weighted by molar-refractivity contribution is 0.233. The number of amides is 2. The second-order valence-corrected chi connectivity index (χ2v) is 6.00. The summed E-state index contributed by atoms with van der Waals surface area (Å²) in [5, 5.41) is 6.26. The van der Waals surface area contributed by atoms with Crippen molar-refractivity contribution in [2.75, 3.05) is 13.2 Å².